The minimum Gasteiger partial charge on any atom is -0.361 e. The second kappa shape index (κ2) is 4.78. The van der Waals surface area contributed by atoms with E-state index in [-0.39, 0.29) is 11.5 Å². The van der Waals surface area contributed by atoms with Crippen molar-refractivity contribution >= 4 is 17.2 Å². The zero-order valence-electron chi connectivity index (χ0n) is 9.18. The van der Waals surface area contributed by atoms with Gasteiger partial charge in [-0.05, 0) is 18.9 Å². The number of carbonyl (C=O) groups excluding carboxylic acids is 1. The van der Waals surface area contributed by atoms with Crippen LogP contribution in [0.3, 0.4) is 0 Å². The molecule has 1 aliphatic rings. The number of anilines is 1. The van der Waals surface area contributed by atoms with Crippen molar-refractivity contribution in [2.45, 2.75) is 19.3 Å². The van der Waals surface area contributed by atoms with Crippen LogP contribution in [0, 0.1) is 10.1 Å². The quantitative estimate of drug-likeness (QED) is 0.494. The lowest BCUT2D eigenvalue weighted by Gasteiger charge is -2.01. The molecule has 0 radical (unpaired) electrons. The fourth-order valence-electron chi connectivity index (χ4n) is 1.77. The van der Waals surface area contributed by atoms with Crippen molar-refractivity contribution in [3.63, 3.8) is 0 Å². The first-order chi connectivity index (χ1) is 8.16. The second-order valence-electron chi connectivity index (χ2n) is 3.90. The highest BCUT2D eigenvalue weighted by molar-refractivity contribution is 5.97. The van der Waals surface area contributed by atoms with E-state index in [4.69, 9.17) is 0 Å². The molecule has 1 N–H and O–H groups in total. The van der Waals surface area contributed by atoms with Crippen LogP contribution in [0.1, 0.15) is 19.3 Å². The Morgan fingerprint density at radius 3 is 2.82 bits per heavy atom. The molecule has 1 aromatic carbocycles. The molecule has 88 valence electrons. The molecule has 0 bridgehead atoms. The molecule has 0 unspecified atom stereocenters. The van der Waals surface area contributed by atoms with Crippen LogP contribution in [0.25, 0.3) is 0 Å². The standard InChI is InChI=1S/C12H12N2O3/c15-12-6-1-3-9(12)8-13-10-4-2-5-11(7-10)14(16)17/h2,4-5,7-8,13H,1,3,6H2/b9-8-. The summed E-state index contributed by atoms with van der Waals surface area (Å²) < 4.78 is 0. The highest BCUT2D eigenvalue weighted by atomic mass is 16.6. The van der Waals surface area contributed by atoms with E-state index in [1.54, 1.807) is 18.3 Å². The first-order valence-electron chi connectivity index (χ1n) is 5.40. The van der Waals surface area contributed by atoms with Crippen molar-refractivity contribution in [3.8, 4) is 0 Å². The maximum absolute atomic E-state index is 11.4. The van der Waals surface area contributed by atoms with Gasteiger partial charge in [0.15, 0.2) is 5.78 Å². The first-order valence-corrected chi connectivity index (χ1v) is 5.40. The highest BCUT2D eigenvalue weighted by Crippen LogP contribution is 2.21. The van der Waals surface area contributed by atoms with Crippen LogP contribution in [0.15, 0.2) is 36.0 Å². The van der Waals surface area contributed by atoms with Gasteiger partial charge in [-0.1, -0.05) is 6.07 Å². The van der Waals surface area contributed by atoms with Crippen molar-refractivity contribution in [3.05, 3.63) is 46.2 Å². The lowest BCUT2D eigenvalue weighted by atomic mass is 10.2. The molecule has 0 aliphatic heterocycles. The topological polar surface area (TPSA) is 72.2 Å². The SMILES string of the molecule is O=C1CCC/C1=C/Nc1cccc([N+](=O)[O-])c1. The molecule has 1 aliphatic carbocycles. The van der Waals surface area contributed by atoms with Gasteiger partial charge in [-0.15, -0.1) is 0 Å². The van der Waals surface area contributed by atoms with Gasteiger partial charge in [-0.25, -0.2) is 0 Å². The number of non-ortho nitro benzene ring substituents is 1. The third-order valence-corrected chi connectivity index (χ3v) is 2.68. The predicted molar refractivity (Wildman–Crippen MR) is 63.7 cm³/mol. The van der Waals surface area contributed by atoms with Crippen molar-refractivity contribution < 1.29 is 9.72 Å². The summed E-state index contributed by atoms with van der Waals surface area (Å²) in [5.74, 6) is 0.155. The molecule has 0 amide bonds. The number of Topliss-reactive ketones (excluding diaryl/α,β-unsaturated/α-hetero) is 1. The Morgan fingerprint density at radius 2 is 2.18 bits per heavy atom. The average Bonchev–Trinajstić information content (AvgIpc) is 2.72. The Labute approximate surface area is 98.3 Å². The van der Waals surface area contributed by atoms with E-state index in [2.05, 4.69) is 5.32 Å². The number of benzene rings is 1. The van der Waals surface area contributed by atoms with E-state index < -0.39 is 4.92 Å². The Morgan fingerprint density at radius 1 is 1.35 bits per heavy atom. The Kier molecular flexibility index (Phi) is 3.18. The van der Waals surface area contributed by atoms with Gasteiger partial charge in [0.2, 0.25) is 0 Å². The minimum absolute atomic E-state index is 0.0335. The Balaban J connectivity index is 2.11. The predicted octanol–water partition coefficient (Wildman–Crippen LogP) is 2.64. The number of nitrogens with zero attached hydrogens (tertiary/aromatic N) is 1. The molecule has 5 nitrogen and oxygen atoms in total. The van der Waals surface area contributed by atoms with Crippen molar-refractivity contribution in [1.82, 2.24) is 0 Å². The number of allylic oxidation sites excluding steroid dienone is 1. The van der Waals surface area contributed by atoms with Gasteiger partial charge in [0.25, 0.3) is 5.69 Å². The number of nitro benzene ring substituents is 1. The number of hydrogen-bond donors (Lipinski definition) is 1. The monoisotopic (exact) mass is 232 g/mol. The van der Waals surface area contributed by atoms with E-state index >= 15 is 0 Å². The third-order valence-electron chi connectivity index (χ3n) is 2.68. The summed E-state index contributed by atoms with van der Waals surface area (Å²) in [6.45, 7) is 0. The molecule has 0 atom stereocenters. The fourth-order valence-corrected chi connectivity index (χ4v) is 1.77. The van der Waals surface area contributed by atoms with E-state index in [9.17, 15) is 14.9 Å². The van der Waals surface area contributed by atoms with Gasteiger partial charge >= 0.3 is 0 Å². The summed E-state index contributed by atoms with van der Waals surface area (Å²) >= 11 is 0. The van der Waals surface area contributed by atoms with Crippen LogP contribution in [0.2, 0.25) is 0 Å². The summed E-state index contributed by atoms with van der Waals surface area (Å²) in [5.41, 5.74) is 1.41. The number of carbonyl (C=O) groups is 1. The van der Waals surface area contributed by atoms with Gasteiger partial charge in [-0.2, -0.15) is 0 Å². The van der Waals surface area contributed by atoms with Gasteiger partial charge in [0, 0.05) is 36.0 Å². The van der Waals surface area contributed by atoms with Crippen LogP contribution in [0.5, 0.6) is 0 Å². The average molecular weight is 232 g/mol. The second-order valence-corrected chi connectivity index (χ2v) is 3.90. The molecule has 5 heteroatoms. The number of nitro groups is 1. The van der Waals surface area contributed by atoms with Crippen LogP contribution >= 0.6 is 0 Å². The Bertz CT molecular complexity index is 494. The van der Waals surface area contributed by atoms with Gasteiger partial charge < -0.3 is 5.32 Å². The van der Waals surface area contributed by atoms with E-state index in [1.165, 1.54) is 12.1 Å². The highest BCUT2D eigenvalue weighted by Gasteiger charge is 2.16. The van der Waals surface area contributed by atoms with Crippen molar-refractivity contribution in [2.24, 2.45) is 0 Å². The third kappa shape index (κ3) is 2.69. The summed E-state index contributed by atoms with van der Waals surface area (Å²) in [4.78, 5) is 21.5. The van der Waals surface area contributed by atoms with Crippen molar-refractivity contribution in [1.29, 1.82) is 0 Å². The molecule has 17 heavy (non-hydrogen) atoms. The number of hydrogen-bond acceptors (Lipinski definition) is 4. The molecule has 0 spiro atoms. The molecule has 1 saturated carbocycles. The van der Waals surface area contributed by atoms with E-state index in [1.807, 2.05) is 0 Å². The zero-order valence-corrected chi connectivity index (χ0v) is 9.18. The van der Waals surface area contributed by atoms with Gasteiger partial charge in [-0.3, -0.25) is 14.9 Å². The number of rotatable bonds is 3. The molecule has 0 saturated heterocycles. The maximum atomic E-state index is 11.4. The van der Waals surface area contributed by atoms with Gasteiger partial charge in [0.1, 0.15) is 0 Å². The van der Waals surface area contributed by atoms with E-state index in [0.29, 0.717) is 12.1 Å². The molecule has 2 rings (SSSR count). The van der Waals surface area contributed by atoms with Crippen LogP contribution < -0.4 is 5.32 Å². The number of nitrogens with one attached hydrogen (secondary N) is 1. The van der Waals surface area contributed by atoms with Crippen molar-refractivity contribution in [2.75, 3.05) is 5.32 Å². The fraction of sp³-hybridized carbons (Fsp3) is 0.250. The van der Waals surface area contributed by atoms with Crippen LogP contribution in [-0.2, 0) is 4.79 Å². The minimum atomic E-state index is -0.445. The number of ketones is 1. The summed E-state index contributed by atoms with van der Waals surface area (Å²) in [5, 5.41) is 13.5. The lowest BCUT2D eigenvalue weighted by Crippen LogP contribution is -1.97. The van der Waals surface area contributed by atoms with Gasteiger partial charge in [0.05, 0.1) is 4.92 Å². The molecular weight excluding hydrogens is 220 g/mol. The Hall–Kier alpha value is -2.17. The molecular formula is C12H12N2O3. The van der Waals surface area contributed by atoms with Crippen LogP contribution in [-0.4, -0.2) is 10.7 Å². The smallest absolute Gasteiger partial charge is 0.271 e. The lowest BCUT2D eigenvalue weighted by molar-refractivity contribution is -0.384. The summed E-state index contributed by atoms with van der Waals surface area (Å²) in [6.07, 6.45) is 3.92. The molecule has 1 aromatic rings. The molecule has 0 heterocycles. The maximum Gasteiger partial charge on any atom is 0.271 e. The molecule has 1 fully saturated rings. The summed E-state index contributed by atoms with van der Waals surface area (Å²) in [7, 11) is 0. The molecule has 0 aromatic heterocycles. The first kappa shape index (κ1) is 11.3. The van der Waals surface area contributed by atoms with Crippen LogP contribution in [0.4, 0.5) is 11.4 Å². The largest absolute Gasteiger partial charge is 0.361 e. The summed E-state index contributed by atoms with van der Waals surface area (Å²) in [6, 6.07) is 6.20. The zero-order chi connectivity index (χ0) is 12.3. The van der Waals surface area contributed by atoms with E-state index in [0.717, 1.165) is 18.4 Å². The normalized spacial score (nSPS) is 17.4.